The number of carbonyl (C=O) groups is 5. The second-order valence-corrected chi connectivity index (χ2v) is 22.0. The van der Waals surface area contributed by atoms with Crippen LogP contribution in [0.4, 0.5) is 5.69 Å². The van der Waals surface area contributed by atoms with Gasteiger partial charge in [0.2, 0.25) is 17.7 Å². The molecule has 2 N–H and O–H groups in total. The van der Waals surface area contributed by atoms with Crippen molar-refractivity contribution in [2.75, 3.05) is 104 Å². The summed E-state index contributed by atoms with van der Waals surface area (Å²) in [5, 5.41) is 6.67. The molecule has 3 aromatic carbocycles. The topological polar surface area (TPSA) is 214 Å². The van der Waals surface area contributed by atoms with E-state index in [1.807, 2.05) is 36.4 Å². The fourth-order valence-corrected chi connectivity index (χ4v) is 10.6. The minimum absolute atomic E-state index is 0.0351. The molecule has 2 fully saturated rings. The average Bonchev–Trinajstić information content (AvgIpc) is 3.63. The van der Waals surface area contributed by atoms with E-state index in [9.17, 15) is 28.5 Å². The van der Waals surface area contributed by atoms with Gasteiger partial charge in [-0.05, 0) is 68.7 Å². The van der Waals surface area contributed by atoms with E-state index in [0.717, 1.165) is 58.7 Å². The molecular formula is C53H66ClN6O12P. The first kappa shape index (κ1) is 55.2. The quantitative estimate of drug-likeness (QED) is 0.0427. The summed E-state index contributed by atoms with van der Waals surface area (Å²) in [6, 6.07) is 18.1. The number of aromatic nitrogens is 2. The molecule has 1 unspecified atom stereocenters. The van der Waals surface area contributed by atoms with Crippen LogP contribution in [0.3, 0.4) is 0 Å². The van der Waals surface area contributed by atoms with Crippen molar-refractivity contribution in [3.63, 3.8) is 0 Å². The highest BCUT2D eigenvalue weighted by Gasteiger charge is 2.45. The van der Waals surface area contributed by atoms with Crippen LogP contribution >= 0.6 is 18.7 Å². The van der Waals surface area contributed by atoms with Gasteiger partial charge in [0.15, 0.2) is 0 Å². The number of rotatable bonds is 28. The lowest BCUT2D eigenvalue weighted by Crippen LogP contribution is -2.54. The number of imide groups is 2. The minimum Gasteiger partial charge on any atom is -0.496 e. The van der Waals surface area contributed by atoms with Crippen LogP contribution in [0.5, 0.6) is 5.75 Å². The highest BCUT2D eigenvalue weighted by Crippen LogP contribution is 2.37. The molecule has 3 aliphatic rings. The number of carbonyl (C=O) groups excluding carboxylic acids is 5. The number of hydrogen-bond donors (Lipinski definition) is 2. The lowest BCUT2D eigenvalue weighted by atomic mass is 9.99. The van der Waals surface area contributed by atoms with Crippen LogP contribution in [0.25, 0.3) is 0 Å². The third kappa shape index (κ3) is 15.5. The van der Waals surface area contributed by atoms with Gasteiger partial charge in [-0.1, -0.05) is 54.1 Å². The van der Waals surface area contributed by atoms with Gasteiger partial charge >= 0.3 is 0 Å². The van der Waals surface area contributed by atoms with E-state index in [2.05, 4.69) is 26.6 Å². The summed E-state index contributed by atoms with van der Waals surface area (Å²) in [7, 11) is -0.834. The van der Waals surface area contributed by atoms with Gasteiger partial charge in [-0.2, -0.15) is 0 Å². The van der Waals surface area contributed by atoms with E-state index in [1.165, 1.54) is 0 Å². The first-order valence-electron chi connectivity index (χ1n) is 24.9. The summed E-state index contributed by atoms with van der Waals surface area (Å²) in [6.45, 7) is 9.02. The van der Waals surface area contributed by atoms with Crippen molar-refractivity contribution in [3.05, 3.63) is 111 Å². The third-order valence-corrected chi connectivity index (χ3v) is 14.8. The fourth-order valence-electron chi connectivity index (χ4n) is 9.15. The summed E-state index contributed by atoms with van der Waals surface area (Å²) < 4.78 is 46.8. The molecule has 20 heteroatoms. The Morgan fingerprint density at radius 1 is 0.781 bits per heavy atom. The van der Waals surface area contributed by atoms with Gasteiger partial charge in [-0.25, -0.2) is 9.97 Å². The van der Waals surface area contributed by atoms with Crippen molar-refractivity contribution in [3.8, 4) is 5.75 Å². The fraction of sp³-hybridized carbons (Fsp3) is 0.491. The number of amides is 5. The largest absolute Gasteiger partial charge is 0.496 e. The molecule has 5 amide bonds. The molecule has 18 nitrogen and oxygen atoms in total. The molecule has 0 saturated carbocycles. The molecule has 2 saturated heterocycles. The Balaban J connectivity index is 0.678. The first-order valence-corrected chi connectivity index (χ1v) is 27.9. The van der Waals surface area contributed by atoms with E-state index in [1.54, 1.807) is 44.8 Å². The van der Waals surface area contributed by atoms with Crippen molar-refractivity contribution >= 4 is 59.3 Å². The Bertz CT molecular complexity index is 2620. The Hall–Kier alpha value is -5.59. The maximum atomic E-state index is 13.3. The summed E-state index contributed by atoms with van der Waals surface area (Å²) in [5.41, 5.74) is 4.91. The Morgan fingerprint density at radius 3 is 2.11 bits per heavy atom. The van der Waals surface area contributed by atoms with Gasteiger partial charge < -0.3 is 43.2 Å². The van der Waals surface area contributed by atoms with Gasteiger partial charge in [0.05, 0.1) is 88.4 Å². The van der Waals surface area contributed by atoms with E-state index >= 15 is 0 Å². The molecule has 0 spiro atoms. The number of anilines is 1. The Kier molecular flexibility index (Phi) is 20.5. The number of halogens is 1. The molecule has 0 aliphatic carbocycles. The normalized spacial score (nSPS) is 16.2. The number of nitrogens with zero attached hydrogens (tertiary/aromatic N) is 4. The molecule has 73 heavy (non-hydrogen) atoms. The molecule has 392 valence electrons. The maximum Gasteiger partial charge on any atom is 0.262 e. The van der Waals surface area contributed by atoms with E-state index in [0.29, 0.717) is 119 Å². The first-order chi connectivity index (χ1) is 35.3. The van der Waals surface area contributed by atoms with Crippen LogP contribution in [0.2, 0.25) is 5.02 Å². The number of benzene rings is 3. The van der Waals surface area contributed by atoms with Crippen LogP contribution in [-0.2, 0) is 61.9 Å². The standard InChI is InChI=1S/C53H66ClN6O12P/c1-67-45-34-40(14-13-37(45)33-47-55-35-42(54)43(57-47)32-38-8-4-5-12-46(38)73(2,3)66)59-20-17-39(18-21-59)56-49(62)19-23-69-25-27-71-29-31-72-30-28-70-26-24-68-22-7-10-36-9-6-11-41-50(36)53(65)60(52(41)64)44-15-16-48(61)58-51(44)63/h4-6,8-9,11-14,34-35,39,44H,7,10,15-33H2,1-3H3,(H,56,62)(H,58,61,63). The van der Waals surface area contributed by atoms with E-state index in [4.69, 9.17) is 45.0 Å². The van der Waals surface area contributed by atoms with Gasteiger partial charge in [-0.3, -0.25) is 34.2 Å². The second kappa shape index (κ2) is 27.1. The van der Waals surface area contributed by atoms with E-state index in [-0.39, 0.29) is 36.8 Å². The predicted octanol–water partition coefficient (Wildman–Crippen LogP) is 5.16. The van der Waals surface area contributed by atoms with E-state index < -0.39 is 36.8 Å². The van der Waals surface area contributed by atoms with Crippen molar-refractivity contribution in [2.45, 2.75) is 69.9 Å². The lowest BCUT2D eigenvalue weighted by Gasteiger charge is -2.34. The molecule has 0 bridgehead atoms. The Morgan fingerprint density at radius 2 is 1.44 bits per heavy atom. The number of piperidine rings is 2. The summed E-state index contributed by atoms with van der Waals surface area (Å²) in [4.78, 5) is 75.6. The zero-order valence-corrected chi connectivity index (χ0v) is 43.5. The average molecular weight is 1050 g/mol. The number of fused-ring (bicyclic) bond motifs is 1. The molecule has 3 aliphatic heterocycles. The highest BCUT2D eigenvalue weighted by atomic mass is 35.5. The smallest absolute Gasteiger partial charge is 0.262 e. The SMILES string of the molecule is COc1cc(N2CCC(NC(=O)CCOCCOCCOCCOCCOCCCc3cccc4c3C(=O)N(C3CCC(=O)NC3=O)C4=O)CC2)ccc1Cc1ncc(Cl)c(Cc2ccccc2P(C)(C)=O)n1. The number of methoxy groups -OCH3 is 1. The van der Waals surface area contributed by atoms with Crippen molar-refractivity contribution in [1.82, 2.24) is 25.5 Å². The zero-order chi connectivity index (χ0) is 51.7. The third-order valence-electron chi connectivity index (χ3n) is 12.9. The number of nitrogens with one attached hydrogen (secondary N) is 2. The van der Waals surface area contributed by atoms with Crippen LogP contribution in [0, 0.1) is 0 Å². The monoisotopic (exact) mass is 1040 g/mol. The number of aryl methyl sites for hydroxylation is 1. The van der Waals surface area contributed by atoms with Gasteiger partial charge in [0.1, 0.15) is 24.8 Å². The maximum absolute atomic E-state index is 13.3. The second-order valence-electron chi connectivity index (χ2n) is 18.4. The van der Waals surface area contributed by atoms with Crippen molar-refractivity contribution in [1.29, 1.82) is 0 Å². The lowest BCUT2D eigenvalue weighted by molar-refractivity contribution is -0.136. The van der Waals surface area contributed by atoms with Gasteiger partial charge in [0, 0.05) is 80.2 Å². The summed E-state index contributed by atoms with van der Waals surface area (Å²) in [6.07, 6.45) is 5.75. The highest BCUT2D eigenvalue weighted by molar-refractivity contribution is 7.70. The van der Waals surface area contributed by atoms with Gasteiger partial charge in [0.25, 0.3) is 11.8 Å². The molecule has 7 rings (SSSR count). The van der Waals surface area contributed by atoms with Crippen LogP contribution in [0.15, 0.2) is 66.9 Å². The summed E-state index contributed by atoms with van der Waals surface area (Å²) in [5.74, 6) is -0.749. The molecule has 1 aromatic heterocycles. The van der Waals surface area contributed by atoms with Gasteiger partial charge in [-0.15, -0.1) is 0 Å². The molecule has 4 heterocycles. The molecule has 4 aromatic rings. The zero-order valence-electron chi connectivity index (χ0n) is 41.9. The van der Waals surface area contributed by atoms with Crippen LogP contribution in [-0.4, -0.2) is 156 Å². The molecule has 1 atom stereocenters. The van der Waals surface area contributed by atoms with Crippen molar-refractivity contribution < 1.29 is 57.0 Å². The minimum atomic E-state index is -2.49. The molecular weight excluding hydrogens is 979 g/mol. The van der Waals surface area contributed by atoms with Crippen molar-refractivity contribution in [2.24, 2.45) is 0 Å². The summed E-state index contributed by atoms with van der Waals surface area (Å²) >= 11 is 6.55. The Labute approximate surface area is 431 Å². The van der Waals surface area contributed by atoms with Crippen LogP contribution in [0.1, 0.15) is 87.4 Å². The number of ether oxygens (including phenoxy) is 6. The number of hydrogen-bond acceptors (Lipinski definition) is 15. The molecule has 0 radical (unpaired) electrons. The predicted molar refractivity (Wildman–Crippen MR) is 275 cm³/mol. The van der Waals surface area contributed by atoms with Crippen LogP contribution < -0.4 is 25.6 Å².